The molecule has 1 aliphatic heterocycles. The van der Waals surface area contributed by atoms with E-state index in [9.17, 15) is 13.2 Å². The van der Waals surface area contributed by atoms with Crippen LogP contribution in [-0.4, -0.2) is 44.2 Å². The van der Waals surface area contributed by atoms with Crippen LogP contribution in [0.5, 0.6) is 5.88 Å². The first kappa shape index (κ1) is 23.5. The Hall–Kier alpha value is -3.20. The molecular weight excluding hydrogens is 464 g/mol. The standard InChI is InChI=1S/C26H30N4O4S/c1-4-5-6-12-34-24-21(29-35(3,32)33)14-18(15-28-24)17-8-9-20-19(13-17)23-22(16-27-20)30(2)25(31)26(23)10-7-11-26/h8-9,13-16,29H,4-7,10-12H2,1-3H3. The molecular formula is C26H30N4O4S. The zero-order valence-corrected chi connectivity index (χ0v) is 21.1. The van der Waals surface area contributed by atoms with Crippen molar-refractivity contribution in [1.82, 2.24) is 9.97 Å². The summed E-state index contributed by atoms with van der Waals surface area (Å²) >= 11 is 0. The van der Waals surface area contributed by atoms with Crippen LogP contribution in [0.2, 0.25) is 0 Å². The molecule has 2 aromatic heterocycles. The molecule has 1 amide bonds. The fraction of sp³-hybridized carbons (Fsp3) is 0.423. The largest absolute Gasteiger partial charge is 0.476 e. The van der Waals surface area contributed by atoms with Gasteiger partial charge in [-0.3, -0.25) is 14.5 Å². The molecule has 1 aliphatic carbocycles. The SMILES string of the molecule is CCCCCOc1ncc(-c2ccc3ncc4c(c3c2)C2(CCC2)C(=O)N4C)cc1NS(C)(=O)=O. The summed E-state index contributed by atoms with van der Waals surface area (Å²) < 4.78 is 32.4. The van der Waals surface area contributed by atoms with E-state index in [-0.39, 0.29) is 11.8 Å². The summed E-state index contributed by atoms with van der Waals surface area (Å²) in [6.45, 7) is 2.58. The third-order valence-electron chi connectivity index (χ3n) is 7.08. The number of amides is 1. The molecule has 1 aromatic carbocycles. The van der Waals surface area contributed by atoms with E-state index >= 15 is 0 Å². The molecule has 3 heterocycles. The first-order valence-corrected chi connectivity index (χ1v) is 13.9. The molecule has 2 aliphatic rings. The molecule has 0 bridgehead atoms. The van der Waals surface area contributed by atoms with E-state index in [2.05, 4.69) is 21.6 Å². The quantitative estimate of drug-likeness (QED) is 0.458. The van der Waals surface area contributed by atoms with Gasteiger partial charge in [-0.2, -0.15) is 0 Å². The number of sulfonamides is 1. The minimum Gasteiger partial charge on any atom is -0.476 e. The van der Waals surface area contributed by atoms with Gasteiger partial charge in [-0.1, -0.05) is 32.3 Å². The number of hydrogen-bond acceptors (Lipinski definition) is 6. The van der Waals surface area contributed by atoms with E-state index in [1.54, 1.807) is 23.4 Å². The summed E-state index contributed by atoms with van der Waals surface area (Å²) in [5.74, 6) is 0.406. The monoisotopic (exact) mass is 494 g/mol. The van der Waals surface area contributed by atoms with Gasteiger partial charge in [-0.05, 0) is 43.0 Å². The van der Waals surface area contributed by atoms with Gasteiger partial charge in [0, 0.05) is 29.8 Å². The zero-order valence-electron chi connectivity index (χ0n) is 20.3. The van der Waals surface area contributed by atoms with Crippen LogP contribution in [0.15, 0.2) is 36.7 Å². The van der Waals surface area contributed by atoms with Crippen molar-refractivity contribution in [2.45, 2.75) is 50.9 Å². The van der Waals surface area contributed by atoms with Crippen molar-refractivity contribution >= 4 is 38.2 Å². The van der Waals surface area contributed by atoms with Crippen LogP contribution in [0.25, 0.3) is 22.0 Å². The number of carbonyl (C=O) groups is 1. The average Bonchev–Trinajstić information content (AvgIpc) is 3.03. The van der Waals surface area contributed by atoms with Crippen molar-refractivity contribution in [3.05, 3.63) is 42.2 Å². The molecule has 0 unspecified atom stereocenters. The molecule has 0 radical (unpaired) electrons. The van der Waals surface area contributed by atoms with Gasteiger partial charge < -0.3 is 9.64 Å². The molecule has 35 heavy (non-hydrogen) atoms. The maximum absolute atomic E-state index is 13.1. The van der Waals surface area contributed by atoms with Crippen LogP contribution in [0.1, 0.15) is 51.0 Å². The average molecular weight is 495 g/mol. The lowest BCUT2D eigenvalue weighted by Gasteiger charge is -2.37. The molecule has 0 saturated heterocycles. The van der Waals surface area contributed by atoms with Crippen molar-refractivity contribution in [2.24, 2.45) is 0 Å². The number of carbonyl (C=O) groups excluding carboxylic acids is 1. The fourth-order valence-corrected chi connectivity index (χ4v) is 5.72. The van der Waals surface area contributed by atoms with Gasteiger partial charge in [-0.15, -0.1) is 0 Å². The van der Waals surface area contributed by atoms with Crippen LogP contribution >= 0.6 is 0 Å². The topological polar surface area (TPSA) is 101 Å². The maximum atomic E-state index is 13.1. The lowest BCUT2D eigenvalue weighted by Crippen LogP contribution is -2.43. The number of anilines is 2. The second kappa shape index (κ2) is 8.78. The number of rotatable bonds is 8. The highest BCUT2D eigenvalue weighted by molar-refractivity contribution is 7.92. The predicted molar refractivity (Wildman–Crippen MR) is 137 cm³/mol. The molecule has 0 atom stereocenters. The number of fused-ring (bicyclic) bond motifs is 4. The van der Waals surface area contributed by atoms with E-state index < -0.39 is 15.4 Å². The number of unbranched alkanes of at least 4 members (excludes halogenated alkanes) is 2. The van der Waals surface area contributed by atoms with E-state index in [0.717, 1.165) is 78.1 Å². The van der Waals surface area contributed by atoms with Crippen LogP contribution < -0.4 is 14.4 Å². The number of hydrogen-bond donors (Lipinski definition) is 1. The van der Waals surface area contributed by atoms with Crippen LogP contribution in [0.4, 0.5) is 11.4 Å². The molecule has 1 saturated carbocycles. The molecule has 1 N–H and O–H groups in total. The fourth-order valence-electron chi connectivity index (χ4n) is 5.17. The summed E-state index contributed by atoms with van der Waals surface area (Å²) in [5.41, 5.74) is 4.22. The summed E-state index contributed by atoms with van der Waals surface area (Å²) in [4.78, 5) is 23.9. The van der Waals surface area contributed by atoms with Gasteiger partial charge >= 0.3 is 0 Å². The third-order valence-corrected chi connectivity index (χ3v) is 7.67. The van der Waals surface area contributed by atoms with E-state index in [4.69, 9.17) is 4.74 Å². The molecule has 1 spiro atoms. The molecule has 1 fully saturated rings. The second-order valence-corrected chi connectivity index (χ2v) is 11.3. The number of aromatic nitrogens is 2. The van der Waals surface area contributed by atoms with Gasteiger partial charge in [0.25, 0.3) is 0 Å². The number of pyridine rings is 2. The number of nitrogens with one attached hydrogen (secondary N) is 1. The predicted octanol–water partition coefficient (Wildman–Crippen LogP) is 4.64. The first-order valence-electron chi connectivity index (χ1n) is 12.1. The Morgan fingerprint density at radius 3 is 2.60 bits per heavy atom. The van der Waals surface area contributed by atoms with Crippen molar-refractivity contribution in [3.63, 3.8) is 0 Å². The number of ether oxygens (including phenoxy) is 1. The van der Waals surface area contributed by atoms with Gasteiger partial charge in [0.2, 0.25) is 21.8 Å². The van der Waals surface area contributed by atoms with Gasteiger partial charge in [0.05, 0.1) is 35.7 Å². The van der Waals surface area contributed by atoms with Crippen molar-refractivity contribution in [3.8, 4) is 17.0 Å². The highest BCUT2D eigenvalue weighted by atomic mass is 32.2. The van der Waals surface area contributed by atoms with Gasteiger partial charge in [0.15, 0.2) is 0 Å². The van der Waals surface area contributed by atoms with Crippen LogP contribution in [0.3, 0.4) is 0 Å². The Morgan fingerprint density at radius 2 is 1.91 bits per heavy atom. The lowest BCUT2D eigenvalue weighted by atomic mass is 9.64. The van der Waals surface area contributed by atoms with E-state index in [1.165, 1.54) is 0 Å². The Morgan fingerprint density at radius 1 is 1.11 bits per heavy atom. The normalized spacial score (nSPS) is 16.4. The van der Waals surface area contributed by atoms with Crippen molar-refractivity contribution < 1.29 is 17.9 Å². The summed E-state index contributed by atoms with van der Waals surface area (Å²) in [6, 6.07) is 7.67. The highest BCUT2D eigenvalue weighted by Crippen LogP contribution is 2.55. The molecule has 184 valence electrons. The summed E-state index contributed by atoms with van der Waals surface area (Å²) in [7, 11) is -1.71. The van der Waals surface area contributed by atoms with Crippen LogP contribution in [0, 0.1) is 0 Å². The number of benzene rings is 1. The first-order chi connectivity index (χ1) is 16.7. The Balaban J connectivity index is 1.57. The Bertz CT molecular complexity index is 1420. The lowest BCUT2D eigenvalue weighted by molar-refractivity contribution is -0.125. The maximum Gasteiger partial charge on any atom is 0.238 e. The molecule has 8 nitrogen and oxygen atoms in total. The smallest absolute Gasteiger partial charge is 0.238 e. The highest BCUT2D eigenvalue weighted by Gasteiger charge is 2.54. The zero-order chi connectivity index (χ0) is 24.8. The van der Waals surface area contributed by atoms with Crippen LogP contribution in [-0.2, 0) is 20.2 Å². The second-order valence-electron chi connectivity index (χ2n) is 9.56. The van der Waals surface area contributed by atoms with Gasteiger partial charge in [-0.25, -0.2) is 13.4 Å². The number of likely N-dealkylation sites (N-methyl/N-ethyl adjacent to an activating group) is 1. The Kier molecular flexibility index (Phi) is 5.91. The van der Waals surface area contributed by atoms with Gasteiger partial charge in [0.1, 0.15) is 5.69 Å². The van der Waals surface area contributed by atoms with E-state index in [1.807, 2.05) is 25.2 Å². The van der Waals surface area contributed by atoms with Crippen molar-refractivity contribution in [2.75, 3.05) is 29.5 Å². The Labute approximate surface area is 205 Å². The molecule has 3 aromatic rings. The summed E-state index contributed by atoms with van der Waals surface area (Å²) in [6.07, 6.45) is 10.3. The molecule has 9 heteroatoms. The minimum absolute atomic E-state index is 0.143. The van der Waals surface area contributed by atoms with Crippen molar-refractivity contribution in [1.29, 1.82) is 0 Å². The van der Waals surface area contributed by atoms with E-state index in [0.29, 0.717) is 12.3 Å². The third kappa shape index (κ3) is 4.11. The number of nitrogens with zero attached hydrogens (tertiary/aromatic N) is 3. The molecule has 5 rings (SSSR count). The minimum atomic E-state index is -3.52. The summed E-state index contributed by atoms with van der Waals surface area (Å²) in [5, 5.41) is 0.954.